The van der Waals surface area contributed by atoms with Gasteiger partial charge in [0.2, 0.25) is 17.6 Å². The second kappa shape index (κ2) is 8.30. The molecule has 0 radical (unpaired) electrons. The van der Waals surface area contributed by atoms with Crippen LogP contribution in [0.15, 0.2) is 77.3 Å². The van der Waals surface area contributed by atoms with Gasteiger partial charge in [-0.25, -0.2) is 0 Å². The van der Waals surface area contributed by atoms with Crippen LogP contribution < -0.4 is 9.64 Å². The summed E-state index contributed by atoms with van der Waals surface area (Å²) < 4.78 is 11.4. The second-order valence-corrected chi connectivity index (χ2v) is 8.14. The predicted molar refractivity (Wildman–Crippen MR) is 122 cm³/mol. The van der Waals surface area contributed by atoms with Crippen LogP contribution in [0, 0.1) is 13.8 Å². The number of aryl methyl sites for hydroxylation is 2. The van der Waals surface area contributed by atoms with Gasteiger partial charge in [-0.05, 0) is 62.4 Å². The third-order valence-corrected chi connectivity index (χ3v) is 5.63. The molecular weight excluding hydrogens is 402 g/mol. The third-order valence-electron chi connectivity index (χ3n) is 5.63. The van der Waals surface area contributed by atoms with Gasteiger partial charge in [-0.3, -0.25) is 4.79 Å². The minimum absolute atomic E-state index is 0.0659. The van der Waals surface area contributed by atoms with Crippen LogP contribution in [-0.2, 0) is 4.79 Å². The first kappa shape index (κ1) is 20.0. The van der Waals surface area contributed by atoms with Crippen molar-refractivity contribution in [2.45, 2.75) is 26.2 Å². The molecule has 0 spiro atoms. The number of carbonyl (C=O) groups excluding carboxylic acids is 1. The van der Waals surface area contributed by atoms with Crippen molar-refractivity contribution in [3.05, 3.63) is 89.8 Å². The first-order valence-electron chi connectivity index (χ1n) is 10.6. The number of hydrogen-bond donors (Lipinski definition) is 0. The van der Waals surface area contributed by atoms with E-state index in [4.69, 9.17) is 9.26 Å². The molecule has 2 heterocycles. The molecule has 6 heteroatoms. The highest BCUT2D eigenvalue weighted by Gasteiger charge is 2.35. The Labute approximate surface area is 186 Å². The molecule has 0 N–H and O–H groups in total. The Hall–Kier alpha value is -3.93. The van der Waals surface area contributed by atoms with Crippen molar-refractivity contribution >= 4 is 11.6 Å². The van der Waals surface area contributed by atoms with Crippen LogP contribution in [0.1, 0.15) is 29.4 Å². The third kappa shape index (κ3) is 4.12. The molecule has 5 rings (SSSR count). The van der Waals surface area contributed by atoms with Crippen molar-refractivity contribution in [3.8, 4) is 22.9 Å². The zero-order valence-corrected chi connectivity index (χ0v) is 18.0. The van der Waals surface area contributed by atoms with E-state index < -0.39 is 0 Å². The molecule has 0 aliphatic carbocycles. The lowest BCUT2D eigenvalue weighted by Gasteiger charge is -2.16. The zero-order chi connectivity index (χ0) is 22.1. The molecule has 1 saturated heterocycles. The van der Waals surface area contributed by atoms with E-state index in [1.165, 1.54) is 5.56 Å². The zero-order valence-electron chi connectivity index (χ0n) is 18.0. The summed E-state index contributed by atoms with van der Waals surface area (Å²) in [7, 11) is 0. The summed E-state index contributed by atoms with van der Waals surface area (Å²) in [6.45, 7) is 4.60. The number of hydrogen-bond acceptors (Lipinski definition) is 5. The molecule has 0 unspecified atom stereocenters. The van der Waals surface area contributed by atoms with Gasteiger partial charge in [-0.1, -0.05) is 40.5 Å². The Morgan fingerprint density at radius 3 is 2.12 bits per heavy atom. The lowest BCUT2D eigenvalue weighted by molar-refractivity contribution is -0.117. The van der Waals surface area contributed by atoms with Crippen molar-refractivity contribution < 1.29 is 14.1 Å². The summed E-state index contributed by atoms with van der Waals surface area (Å²) in [5.74, 6) is 2.46. The molecule has 1 aliphatic rings. The molecule has 1 atom stereocenters. The van der Waals surface area contributed by atoms with Crippen LogP contribution in [0.25, 0.3) is 11.4 Å². The number of benzene rings is 3. The molecule has 32 heavy (non-hydrogen) atoms. The minimum Gasteiger partial charge on any atom is -0.457 e. The molecule has 3 aromatic carbocycles. The summed E-state index contributed by atoms with van der Waals surface area (Å²) in [5.41, 5.74) is 4.07. The molecule has 6 nitrogen and oxygen atoms in total. The molecular formula is C26H23N3O3. The van der Waals surface area contributed by atoms with Gasteiger partial charge in [-0.2, -0.15) is 4.98 Å². The van der Waals surface area contributed by atoms with Crippen LogP contribution in [0.2, 0.25) is 0 Å². The van der Waals surface area contributed by atoms with Gasteiger partial charge in [0.15, 0.2) is 0 Å². The quantitative estimate of drug-likeness (QED) is 0.412. The molecule has 4 aromatic rings. The van der Waals surface area contributed by atoms with E-state index >= 15 is 0 Å². The minimum atomic E-state index is -0.116. The van der Waals surface area contributed by atoms with Gasteiger partial charge in [0.1, 0.15) is 11.5 Å². The van der Waals surface area contributed by atoms with E-state index in [0.717, 1.165) is 28.3 Å². The Morgan fingerprint density at radius 1 is 0.875 bits per heavy atom. The average Bonchev–Trinajstić information content (AvgIpc) is 3.44. The normalized spacial score (nSPS) is 15.9. The van der Waals surface area contributed by atoms with Crippen LogP contribution >= 0.6 is 0 Å². The number of aromatic nitrogens is 2. The van der Waals surface area contributed by atoms with E-state index in [2.05, 4.69) is 10.1 Å². The summed E-state index contributed by atoms with van der Waals surface area (Å²) in [5, 5.41) is 4.13. The highest BCUT2D eigenvalue weighted by molar-refractivity contribution is 5.96. The van der Waals surface area contributed by atoms with Crippen molar-refractivity contribution in [3.63, 3.8) is 0 Å². The molecule has 1 amide bonds. The number of rotatable bonds is 5. The van der Waals surface area contributed by atoms with Crippen molar-refractivity contribution in [2.75, 3.05) is 11.4 Å². The number of carbonyl (C=O) groups is 1. The fourth-order valence-corrected chi connectivity index (χ4v) is 3.78. The SMILES string of the molecule is Cc1ccc(Oc2ccc(-c3noc([C@H]4CC(=O)N(c5ccc(C)cc5)C4)n3)cc2)cc1. The summed E-state index contributed by atoms with van der Waals surface area (Å²) >= 11 is 0. The van der Waals surface area contributed by atoms with Gasteiger partial charge >= 0.3 is 0 Å². The second-order valence-electron chi connectivity index (χ2n) is 8.14. The predicted octanol–water partition coefficient (Wildman–Crippen LogP) is 5.67. The van der Waals surface area contributed by atoms with E-state index in [0.29, 0.717) is 24.7 Å². The Kier molecular flexibility index (Phi) is 5.19. The first-order valence-corrected chi connectivity index (χ1v) is 10.6. The van der Waals surface area contributed by atoms with Crippen LogP contribution in [0.3, 0.4) is 0 Å². The number of amides is 1. The lowest BCUT2D eigenvalue weighted by Crippen LogP contribution is -2.24. The first-order chi connectivity index (χ1) is 15.5. The Morgan fingerprint density at radius 2 is 1.47 bits per heavy atom. The Bertz CT molecular complexity index is 1230. The summed E-state index contributed by atoms with van der Waals surface area (Å²) in [6.07, 6.45) is 0.360. The maximum atomic E-state index is 12.5. The maximum absolute atomic E-state index is 12.5. The van der Waals surface area contributed by atoms with Gasteiger partial charge in [0.05, 0.1) is 5.92 Å². The molecule has 0 bridgehead atoms. The molecule has 160 valence electrons. The topological polar surface area (TPSA) is 68.5 Å². The highest BCUT2D eigenvalue weighted by Crippen LogP contribution is 2.32. The monoisotopic (exact) mass is 425 g/mol. The lowest BCUT2D eigenvalue weighted by atomic mass is 10.1. The largest absolute Gasteiger partial charge is 0.457 e. The van der Waals surface area contributed by atoms with Gasteiger partial charge in [0, 0.05) is 24.2 Å². The molecule has 1 fully saturated rings. The van der Waals surface area contributed by atoms with Gasteiger partial charge < -0.3 is 14.2 Å². The highest BCUT2D eigenvalue weighted by atomic mass is 16.5. The van der Waals surface area contributed by atoms with E-state index in [-0.39, 0.29) is 11.8 Å². The van der Waals surface area contributed by atoms with Crippen molar-refractivity contribution in [1.82, 2.24) is 10.1 Å². The van der Waals surface area contributed by atoms with E-state index in [1.807, 2.05) is 86.6 Å². The smallest absolute Gasteiger partial charge is 0.232 e. The summed E-state index contributed by atoms with van der Waals surface area (Å²) in [4.78, 5) is 18.9. The molecule has 0 saturated carbocycles. The number of nitrogens with zero attached hydrogens (tertiary/aromatic N) is 3. The Balaban J connectivity index is 1.28. The van der Waals surface area contributed by atoms with Crippen molar-refractivity contribution in [2.24, 2.45) is 0 Å². The van der Waals surface area contributed by atoms with Gasteiger partial charge in [-0.15, -0.1) is 0 Å². The maximum Gasteiger partial charge on any atom is 0.232 e. The fourth-order valence-electron chi connectivity index (χ4n) is 3.78. The van der Waals surface area contributed by atoms with E-state index in [1.54, 1.807) is 4.90 Å². The average molecular weight is 425 g/mol. The number of ether oxygens (including phenoxy) is 1. The van der Waals surface area contributed by atoms with Crippen LogP contribution in [-0.4, -0.2) is 22.6 Å². The fraction of sp³-hybridized carbons (Fsp3) is 0.192. The van der Waals surface area contributed by atoms with Gasteiger partial charge in [0.25, 0.3) is 0 Å². The van der Waals surface area contributed by atoms with Crippen LogP contribution in [0.4, 0.5) is 5.69 Å². The molecule has 1 aliphatic heterocycles. The van der Waals surface area contributed by atoms with E-state index in [9.17, 15) is 4.79 Å². The summed E-state index contributed by atoms with van der Waals surface area (Å²) in [6, 6.07) is 23.4. The standard InChI is InChI=1S/C26H23N3O3/c1-17-3-9-21(10-4-17)29-16-20(15-24(29)30)26-27-25(28-32-26)19-7-13-23(14-8-19)31-22-11-5-18(2)6-12-22/h3-14,20H,15-16H2,1-2H3/t20-/m0/s1. The number of anilines is 1. The molecule has 1 aromatic heterocycles. The van der Waals surface area contributed by atoms with Crippen LogP contribution in [0.5, 0.6) is 11.5 Å². The van der Waals surface area contributed by atoms with Crippen molar-refractivity contribution in [1.29, 1.82) is 0 Å².